The molecule has 0 aliphatic carbocycles. The average molecular weight is 342 g/mol. The first-order valence-electron chi connectivity index (χ1n) is 7.20. The Morgan fingerprint density at radius 2 is 2.00 bits per heavy atom. The van der Waals surface area contributed by atoms with E-state index < -0.39 is 0 Å². The quantitative estimate of drug-likeness (QED) is 0.731. The number of halogens is 2. The largest absolute Gasteiger partial charge is 0.311 e. The third-order valence-electron chi connectivity index (χ3n) is 4.52. The minimum atomic E-state index is -0.277. The van der Waals surface area contributed by atoms with Gasteiger partial charge in [0.05, 0.1) is 0 Å². The summed E-state index contributed by atoms with van der Waals surface area (Å²) in [5.41, 5.74) is 1.88. The van der Waals surface area contributed by atoms with Crippen LogP contribution in [0.15, 0.2) is 18.2 Å². The minimum absolute atomic E-state index is 0.0522. The van der Waals surface area contributed by atoms with Gasteiger partial charge in [0.1, 0.15) is 5.82 Å². The molecule has 0 atom stereocenters. The fourth-order valence-electron chi connectivity index (χ4n) is 2.72. The average Bonchev–Trinajstić information content (AvgIpc) is 2.47. The third kappa shape index (κ3) is 2.90. The topological polar surface area (TPSA) is 20.3 Å². The summed E-state index contributed by atoms with van der Waals surface area (Å²) in [5, 5.41) is 0.849. The number of carbonyl (C=O) groups is 1. The molecule has 2 nitrogen and oxygen atoms in total. The highest BCUT2D eigenvalue weighted by atomic mass is 79.9. The van der Waals surface area contributed by atoms with E-state index in [9.17, 15) is 9.18 Å². The van der Waals surface area contributed by atoms with Crippen molar-refractivity contribution in [2.45, 2.75) is 39.5 Å². The highest BCUT2D eigenvalue weighted by Gasteiger charge is 2.33. The number of aryl methyl sites for hydroxylation is 1. The van der Waals surface area contributed by atoms with E-state index in [4.69, 9.17) is 0 Å². The van der Waals surface area contributed by atoms with Crippen LogP contribution in [0.1, 0.15) is 38.7 Å². The fraction of sp³-hybridized carbons (Fsp3) is 0.562. The monoisotopic (exact) mass is 341 g/mol. The zero-order valence-corrected chi connectivity index (χ0v) is 13.7. The summed E-state index contributed by atoms with van der Waals surface area (Å²) in [6, 6.07) is 4.78. The molecule has 0 saturated carbocycles. The smallest absolute Gasteiger partial charge is 0.227 e. The van der Waals surface area contributed by atoms with Gasteiger partial charge in [0.25, 0.3) is 0 Å². The van der Waals surface area contributed by atoms with Crippen LogP contribution in [0.2, 0.25) is 0 Å². The lowest BCUT2D eigenvalue weighted by Gasteiger charge is -2.38. The van der Waals surface area contributed by atoms with Crippen LogP contribution in [0, 0.1) is 11.2 Å². The maximum Gasteiger partial charge on any atom is 0.227 e. The molecule has 0 bridgehead atoms. The summed E-state index contributed by atoms with van der Waals surface area (Å²) >= 11 is 3.58. The molecule has 0 radical (unpaired) electrons. The molecule has 1 aliphatic heterocycles. The first-order valence-corrected chi connectivity index (χ1v) is 8.32. The second-order valence-electron chi connectivity index (χ2n) is 5.59. The minimum Gasteiger partial charge on any atom is -0.311 e. The van der Waals surface area contributed by atoms with Gasteiger partial charge in [0.2, 0.25) is 5.91 Å². The zero-order chi connectivity index (χ0) is 14.8. The molecule has 0 saturated heterocycles. The van der Waals surface area contributed by atoms with E-state index in [2.05, 4.69) is 29.8 Å². The highest BCUT2D eigenvalue weighted by molar-refractivity contribution is 9.09. The van der Waals surface area contributed by atoms with Gasteiger partial charge in [0, 0.05) is 24.0 Å². The van der Waals surface area contributed by atoms with Crippen LogP contribution in [0.25, 0.3) is 0 Å². The number of hydrogen-bond acceptors (Lipinski definition) is 1. The summed E-state index contributed by atoms with van der Waals surface area (Å²) in [7, 11) is 0. The number of benzene rings is 1. The summed E-state index contributed by atoms with van der Waals surface area (Å²) in [4.78, 5) is 14.1. The fourth-order valence-corrected chi connectivity index (χ4v) is 3.69. The lowest BCUT2D eigenvalue weighted by Crippen LogP contribution is -2.44. The molecule has 1 aromatic carbocycles. The summed E-state index contributed by atoms with van der Waals surface area (Å²) in [6.45, 7) is 4.94. The zero-order valence-electron chi connectivity index (χ0n) is 12.1. The van der Waals surface area contributed by atoms with E-state index in [1.54, 1.807) is 11.0 Å². The van der Waals surface area contributed by atoms with Crippen LogP contribution in [0.4, 0.5) is 10.1 Å². The molecule has 20 heavy (non-hydrogen) atoms. The SMILES string of the molecule is CCC(CC)(CBr)CN1C(=O)CCc2ccc(F)cc21. The lowest BCUT2D eigenvalue weighted by molar-refractivity contribution is -0.119. The molecule has 110 valence electrons. The Balaban J connectivity index is 2.36. The van der Waals surface area contributed by atoms with Gasteiger partial charge in [-0.1, -0.05) is 35.8 Å². The predicted octanol–water partition coefficient (Wildman–Crippen LogP) is 4.31. The van der Waals surface area contributed by atoms with Crippen molar-refractivity contribution in [3.05, 3.63) is 29.6 Å². The normalized spacial score (nSPS) is 15.4. The lowest BCUT2D eigenvalue weighted by atomic mass is 9.83. The van der Waals surface area contributed by atoms with E-state index in [0.717, 1.165) is 29.4 Å². The van der Waals surface area contributed by atoms with Crippen molar-refractivity contribution in [3.8, 4) is 0 Å². The van der Waals surface area contributed by atoms with Crippen molar-refractivity contribution in [1.82, 2.24) is 0 Å². The first kappa shape index (κ1) is 15.5. The number of hydrogen-bond donors (Lipinski definition) is 0. The summed E-state index contributed by atoms with van der Waals surface area (Å²) in [5.74, 6) is -0.170. The number of carbonyl (C=O) groups excluding carboxylic acids is 1. The van der Waals surface area contributed by atoms with Gasteiger partial charge in [-0.2, -0.15) is 0 Å². The summed E-state index contributed by atoms with van der Waals surface area (Å²) < 4.78 is 13.5. The maximum atomic E-state index is 13.5. The summed E-state index contributed by atoms with van der Waals surface area (Å²) in [6.07, 6.45) is 3.21. The molecule has 1 aliphatic rings. The Labute approximate surface area is 128 Å². The molecule has 1 amide bonds. The number of alkyl halides is 1. The van der Waals surface area contributed by atoms with Crippen molar-refractivity contribution in [2.24, 2.45) is 5.41 Å². The van der Waals surface area contributed by atoms with Crippen LogP contribution in [0.5, 0.6) is 0 Å². The molecule has 0 unspecified atom stereocenters. The van der Waals surface area contributed by atoms with Crippen LogP contribution in [0.3, 0.4) is 0 Å². The second kappa shape index (κ2) is 6.25. The van der Waals surface area contributed by atoms with E-state index in [1.165, 1.54) is 12.1 Å². The maximum absolute atomic E-state index is 13.5. The number of amides is 1. The molecule has 1 heterocycles. The first-order chi connectivity index (χ1) is 9.55. The van der Waals surface area contributed by atoms with Gasteiger partial charge in [-0.05, 0) is 42.4 Å². The Morgan fingerprint density at radius 3 is 2.60 bits per heavy atom. The van der Waals surface area contributed by atoms with Gasteiger partial charge in [0.15, 0.2) is 0 Å². The molecular formula is C16H21BrFNO. The van der Waals surface area contributed by atoms with Crippen LogP contribution in [-0.4, -0.2) is 17.8 Å². The van der Waals surface area contributed by atoms with E-state index in [0.29, 0.717) is 19.4 Å². The Hall–Kier alpha value is -0.900. The molecule has 0 spiro atoms. The molecule has 4 heteroatoms. The Bertz CT molecular complexity index is 491. The third-order valence-corrected chi connectivity index (χ3v) is 5.71. The van der Waals surface area contributed by atoms with Gasteiger partial charge >= 0.3 is 0 Å². The van der Waals surface area contributed by atoms with E-state index in [-0.39, 0.29) is 17.1 Å². The van der Waals surface area contributed by atoms with Crippen LogP contribution in [-0.2, 0) is 11.2 Å². The van der Waals surface area contributed by atoms with Crippen molar-refractivity contribution in [1.29, 1.82) is 0 Å². The highest BCUT2D eigenvalue weighted by Crippen LogP contribution is 2.35. The van der Waals surface area contributed by atoms with E-state index >= 15 is 0 Å². The molecular weight excluding hydrogens is 321 g/mol. The molecule has 1 aromatic rings. The molecule has 2 rings (SSSR count). The van der Waals surface area contributed by atoms with Crippen LogP contribution < -0.4 is 4.90 Å². The van der Waals surface area contributed by atoms with Crippen LogP contribution >= 0.6 is 15.9 Å². The van der Waals surface area contributed by atoms with Crippen molar-refractivity contribution in [3.63, 3.8) is 0 Å². The standard InChI is InChI=1S/C16H21BrFNO/c1-3-16(4-2,10-17)11-19-14-9-13(18)7-5-12(14)6-8-15(19)20/h5,7,9H,3-4,6,8,10-11H2,1-2H3. The van der Waals surface area contributed by atoms with Gasteiger partial charge in [-0.3, -0.25) is 4.79 Å². The van der Waals surface area contributed by atoms with Crippen molar-refractivity contribution in [2.75, 3.05) is 16.8 Å². The van der Waals surface area contributed by atoms with Crippen molar-refractivity contribution >= 4 is 27.5 Å². The van der Waals surface area contributed by atoms with E-state index in [1.807, 2.05) is 0 Å². The predicted molar refractivity (Wildman–Crippen MR) is 83.9 cm³/mol. The Morgan fingerprint density at radius 1 is 1.30 bits per heavy atom. The van der Waals surface area contributed by atoms with Gasteiger partial charge in [-0.15, -0.1) is 0 Å². The number of anilines is 1. The second-order valence-corrected chi connectivity index (χ2v) is 6.15. The number of fused-ring (bicyclic) bond motifs is 1. The van der Waals surface area contributed by atoms with Crippen molar-refractivity contribution < 1.29 is 9.18 Å². The molecule has 0 fully saturated rings. The molecule has 0 aromatic heterocycles. The molecule has 0 N–H and O–H groups in total. The van der Waals surface area contributed by atoms with Gasteiger partial charge < -0.3 is 4.90 Å². The number of rotatable bonds is 5. The Kier molecular flexibility index (Phi) is 4.84. The number of nitrogens with zero attached hydrogens (tertiary/aromatic N) is 1. The van der Waals surface area contributed by atoms with Gasteiger partial charge in [-0.25, -0.2) is 4.39 Å².